The lowest BCUT2D eigenvalue weighted by atomic mass is 9.92. The number of nitrogens with one attached hydrogen (secondary N) is 2. The van der Waals surface area contributed by atoms with E-state index < -0.39 is 10.0 Å². The van der Waals surface area contributed by atoms with Crippen molar-refractivity contribution in [2.75, 3.05) is 38.7 Å². The van der Waals surface area contributed by atoms with Gasteiger partial charge in [0, 0.05) is 5.54 Å². The second kappa shape index (κ2) is 7.19. The summed E-state index contributed by atoms with van der Waals surface area (Å²) in [6, 6.07) is 0. The molecule has 6 nitrogen and oxygen atoms in total. The number of hydrogen-bond donors (Lipinski definition) is 2. The zero-order valence-electron chi connectivity index (χ0n) is 11.2. The van der Waals surface area contributed by atoms with Gasteiger partial charge >= 0.3 is 0 Å². The standard InChI is InChI=1S/C11H22N2O4S.ClH/c1-11(2-4-12-5-3-11)13-18(14,15)9-10-8-16-6-7-17-10;/h10,12-13H,2-9H2,1H3;1H. The molecule has 0 bridgehead atoms. The van der Waals surface area contributed by atoms with Crippen molar-refractivity contribution in [3.05, 3.63) is 0 Å². The Kier molecular flexibility index (Phi) is 6.49. The average Bonchev–Trinajstić information content (AvgIpc) is 2.29. The Labute approximate surface area is 121 Å². The number of sulfonamides is 1. The molecule has 0 aliphatic carbocycles. The molecule has 0 aromatic heterocycles. The van der Waals surface area contributed by atoms with Gasteiger partial charge < -0.3 is 14.8 Å². The Balaban J connectivity index is 0.00000180. The third-order valence-corrected chi connectivity index (χ3v) is 5.01. The first-order chi connectivity index (χ1) is 8.49. The fraction of sp³-hybridized carbons (Fsp3) is 1.00. The molecule has 2 aliphatic rings. The molecule has 2 heterocycles. The van der Waals surface area contributed by atoms with Gasteiger partial charge in [0.1, 0.15) is 0 Å². The van der Waals surface area contributed by atoms with Crippen LogP contribution in [0.5, 0.6) is 0 Å². The Morgan fingerprint density at radius 2 is 2.00 bits per heavy atom. The lowest BCUT2D eigenvalue weighted by Gasteiger charge is -2.35. The van der Waals surface area contributed by atoms with Gasteiger partial charge in [-0.3, -0.25) is 0 Å². The van der Waals surface area contributed by atoms with Crippen molar-refractivity contribution in [1.82, 2.24) is 10.0 Å². The fourth-order valence-electron chi connectivity index (χ4n) is 2.38. The molecule has 114 valence electrons. The Morgan fingerprint density at radius 3 is 2.58 bits per heavy atom. The topological polar surface area (TPSA) is 76.7 Å². The van der Waals surface area contributed by atoms with Crippen molar-refractivity contribution in [2.45, 2.75) is 31.4 Å². The average molecular weight is 315 g/mol. The van der Waals surface area contributed by atoms with E-state index in [1.165, 1.54) is 0 Å². The minimum Gasteiger partial charge on any atom is -0.376 e. The van der Waals surface area contributed by atoms with Crippen molar-refractivity contribution >= 4 is 22.4 Å². The van der Waals surface area contributed by atoms with Gasteiger partial charge in [0.15, 0.2) is 0 Å². The summed E-state index contributed by atoms with van der Waals surface area (Å²) in [5, 5.41) is 3.23. The van der Waals surface area contributed by atoms with Gasteiger partial charge in [-0.15, -0.1) is 12.4 Å². The Hall–Kier alpha value is 0.0800. The highest BCUT2D eigenvalue weighted by Gasteiger charge is 2.33. The van der Waals surface area contributed by atoms with Crippen LogP contribution in [0, 0.1) is 0 Å². The van der Waals surface area contributed by atoms with Gasteiger partial charge in [-0.2, -0.15) is 0 Å². The van der Waals surface area contributed by atoms with E-state index in [2.05, 4.69) is 10.0 Å². The zero-order chi connectivity index (χ0) is 13.1. The summed E-state index contributed by atoms with van der Waals surface area (Å²) in [6.07, 6.45) is 1.28. The van der Waals surface area contributed by atoms with Crippen LogP contribution < -0.4 is 10.0 Å². The number of halogens is 1. The van der Waals surface area contributed by atoms with Crippen molar-refractivity contribution in [2.24, 2.45) is 0 Å². The molecule has 2 saturated heterocycles. The van der Waals surface area contributed by atoms with Crippen molar-refractivity contribution in [1.29, 1.82) is 0 Å². The summed E-state index contributed by atoms with van der Waals surface area (Å²) in [5.74, 6) is -0.0178. The van der Waals surface area contributed by atoms with Crippen molar-refractivity contribution < 1.29 is 17.9 Å². The van der Waals surface area contributed by atoms with E-state index in [9.17, 15) is 8.42 Å². The van der Waals surface area contributed by atoms with Crippen LogP contribution in [0.15, 0.2) is 0 Å². The van der Waals surface area contributed by atoms with Gasteiger partial charge in [-0.25, -0.2) is 13.1 Å². The van der Waals surface area contributed by atoms with E-state index >= 15 is 0 Å². The number of ether oxygens (including phenoxy) is 2. The molecule has 19 heavy (non-hydrogen) atoms. The molecule has 1 unspecified atom stereocenters. The quantitative estimate of drug-likeness (QED) is 0.757. The van der Waals surface area contributed by atoms with Gasteiger partial charge in [0.05, 0.1) is 31.7 Å². The van der Waals surface area contributed by atoms with Crippen LogP contribution in [0.25, 0.3) is 0 Å². The van der Waals surface area contributed by atoms with Crippen molar-refractivity contribution in [3.8, 4) is 0 Å². The van der Waals surface area contributed by atoms with Gasteiger partial charge in [0.2, 0.25) is 10.0 Å². The number of hydrogen-bond acceptors (Lipinski definition) is 5. The van der Waals surface area contributed by atoms with Crippen LogP contribution in [-0.4, -0.2) is 58.7 Å². The van der Waals surface area contributed by atoms with E-state index in [-0.39, 0.29) is 29.8 Å². The largest absolute Gasteiger partial charge is 0.376 e. The van der Waals surface area contributed by atoms with Crippen molar-refractivity contribution in [3.63, 3.8) is 0 Å². The van der Waals surface area contributed by atoms with E-state index in [1.807, 2.05) is 6.92 Å². The third kappa shape index (κ3) is 5.53. The van der Waals surface area contributed by atoms with Crippen LogP contribution >= 0.6 is 12.4 Å². The molecular weight excluding hydrogens is 292 g/mol. The summed E-state index contributed by atoms with van der Waals surface area (Å²) in [7, 11) is -3.32. The van der Waals surface area contributed by atoms with Crippen LogP contribution in [0.2, 0.25) is 0 Å². The SMILES string of the molecule is CC1(NS(=O)(=O)CC2COCCO2)CCNCC1.Cl. The number of piperidine rings is 1. The first-order valence-corrected chi connectivity index (χ1v) is 8.06. The molecule has 0 aromatic carbocycles. The highest BCUT2D eigenvalue weighted by Crippen LogP contribution is 2.19. The molecule has 2 aliphatic heterocycles. The minimum absolute atomic E-state index is 0. The first-order valence-electron chi connectivity index (χ1n) is 6.41. The maximum absolute atomic E-state index is 12.1. The predicted molar refractivity (Wildman–Crippen MR) is 75.2 cm³/mol. The minimum atomic E-state index is -3.32. The smallest absolute Gasteiger partial charge is 0.214 e. The normalized spacial score (nSPS) is 27.5. The molecular formula is C11H23ClN2O4S. The molecule has 8 heteroatoms. The fourth-order valence-corrected chi connectivity index (χ4v) is 4.10. The lowest BCUT2D eigenvalue weighted by molar-refractivity contribution is -0.0783. The van der Waals surface area contributed by atoms with Gasteiger partial charge in [-0.05, 0) is 32.9 Å². The van der Waals surface area contributed by atoms with Crippen LogP contribution in [0.1, 0.15) is 19.8 Å². The maximum Gasteiger partial charge on any atom is 0.214 e. The highest BCUT2D eigenvalue weighted by atomic mass is 35.5. The molecule has 0 spiro atoms. The maximum atomic E-state index is 12.1. The summed E-state index contributed by atoms with van der Waals surface area (Å²) < 4.78 is 37.6. The molecule has 1 atom stereocenters. The lowest BCUT2D eigenvalue weighted by Crippen LogP contribution is -2.54. The molecule has 0 aromatic rings. The second-order valence-electron chi connectivity index (χ2n) is 5.26. The predicted octanol–water partition coefficient (Wildman–Crippen LogP) is -0.115. The van der Waals surface area contributed by atoms with Crippen LogP contribution in [0.3, 0.4) is 0 Å². The molecule has 2 fully saturated rings. The van der Waals surface area contributed by atoms with Gasteiger partial charge in [-0.1, -0.05) is 0 Å². The monoisotopic (exact) mass is 314 g/mol. The van der Waals surface area contributed by atoms with E-state index in [1.54, 1.807) is 0 Å². The van der Waals surface area contributed by atoms with E-state index in [0.717, 1.165) is 25.9 Å². The zero-order valence-corrected chi connectivity index (χ0v) is 12.8. The van der Waals surface area contributed by atoms with Gasteiger partial charge in [0.25, 0.3) is 0 Å². The summed E-state index contributed by atoms with van der Waals surface area (Å²) >= 11 is 0. The highest BCUT2D eigenvalue weighted by molar-refractivity contribution is 7.89. The summed E-state index contributed by atoms with van der Waals surface area (Å²) in [4.78, 5) is 0. The molecule has 0 radical (unpaired) electrons. The molecule has 0 amide bonds. The molecule has 0 saturated carbocycles. The summed E-state index contributed by atoms with van der Waals surface area (Å²) in [6.45, 7) is 5.04. The van der Waals surface area contributed by atoms with E-state index in [4.69, 9.17) is 9.47 Å². The Bertz CT molecular complexity index is 365. The van der Waals surface area contributed by atoms with Crippen LogP contribution in [-0.2, 0) is 19.5 Å². The second-order valence-corrected chi connectivity index (χ2v) is 7.03. The number of rotatable bonds is 4. The van der Waals surface area contributed by atoms with Crippen LogP contribution in [0.4, 0.5) is 0 Å². The molecule has 2 rings (SSSR count). The first kappa shape index (κ1) is 17.1. The molecule has 2 N–H and O–H groups in total. The van der Waals surface area contributed by atoms with E-state index in [0.29, 0.717) is 19.8 Å². The third-order valence-electron chi connectivity index (χ3n) is 3.40. The Morgan fingerprint density at radius 1 is 1.32 bits per heavy atom. The summed E-state index contributed by atoms with van der Waals surface area (Å²) in [5.41, 5.74) is -0.334.